The summed E-state index contributed by atoms with van der Waals surface area (Å²) < 4.78 is 1.82. The van der Waals surface area contributed by atoms with E-state index in [4.69, 9.17) is 0 Å². The van der Waals surface area contributed by atoms with E-state index in [1.165, 1.54) is 11.3 Å². The lowest BCUT2D eigenvalue weighted by Gasteiger charge is -2.02. The molecule has 0 atom stereocenters. The van der Waals surface area contributed by atoms with Crippen molar-refractivity contribution in [1.82, 2.24) is 14.8 Å². The highest BCUT2D eigenvalue weighted by molar-refractivity contribution is 7.13. The number of amides is 1. The number of thiazole rings is 1. The predicted molar refractivity (Wildman–Crippen MR) is 71.7 cm³/mol. The summed E-state index contributed by atoms with van der Waals surface area (Å²) in [6.45, 7) is 3.91. The maximum atomic E-state index is 11.7. The molecule has 2 rings (SSSR count). The Hall–Kier alpha value is -1.69. The average Bonchev–Trinajstić information content (AvgIpc) is 2.86. The van der Waals surface area contributed by atoms with E-state index in [0.29, 0.717) is 18.0 Å². The third kappa shape index (κ3) is 2.95. The molecule has 0 saturated heterocycles. The summed E-state index contributed by atoms with van der Waals surface area (Å²) in [7, 11) is 1.90. The Labute approximate surface area is 110 Å². The van der Waals surface area contributed by atoms with Crippen LogP contribution in [0.25, 0.3) is 0 Å². The summed E-state index contributed by atoms with van der Waals surface area (Å²) in [6, 6.07) is 0. The minimum Gasteiger partial charge on any atom is -0.302 e. The molecule has 2 heterocycles. The zero-order chi connectivity index (χ0) is 13.1. The average molecular weight is 264 g/mol. The lowest BCUT2D eigenvalue weighted by Crippen LogP contribution is -2.12. The number of rotatable bonds is 4. The molecule has 0 aliphatic heterocycles. The number of nitrogens with one attached hydrogen (secondary N) is 1. The fourth-order valence-corrected chi connectivity index (χ4v) is 2.34. The highest BCUT2D eigenvalue weighted by atomic mass is 32.1. The van der Waals surface area contributed by atoms with Crippen molar-refractivity contribution < 1.29 is 4.79 Å². The third-order valence-corrected chi connectivity index (χ3v) is 3.70. The van der Waals surface area contributed by atoms with Crippen LogP contribution in [0.15, 0.2) is 11.6 Å². The minimum absolute atomic E-state index is 0.00685. The van der Waals surface area contributed by atoms with Crippen LogP contribution < -0.4 is 5.32 Å². The Morgan fingerprint density at radius 3 is 2.83 bits per heavy atom. The number of hydrogen-bond donors (Lipinski definition) is 1. The second-order valence-electron chi connectivity index (χ2n) is 4.22. The van der Waals surface area contributed by atoms with Crippen LogP contribution in [-0.4, -0.2) is 20.7 Å². The van der Waals surface area contributed by atoms with Gasteiger partial charge in [-0.15, -0.1) is 11.3 Å². The van der Waals surface area contributed by atoms with Gasteiger partial charge in [0.1, 0.15) is 0 Å². The highest BCUT2D eigenvalue weighted by Gasteiger charge is 2.08. The topological polar surface area (TPSA) is 59.8 Å². The van der Waals surface area contributed by atoms with Gasteiger partial charge in [0.05, 0.1) is 11.9 Å². The molecular weight excluding hydrogens is 248 g/mol. The van der Waals surface area contributed by atoms with E-state index >= 15 is 0 Å². The van der Waals surface area contributed by atoms with Gasteiger partial charge in [-0.3, -0.25) is 9.48 Å². The number of carbonyl (C=O) groups is 1. The SMILES string of the molecule is Cc1csc(NC(=O)CCc2cnn(C)c2C)n1. The third-order valence-electron chi connectivity index (χ3n) is 2.82. The molecule has 0 unspecified atom stereocenters. The van der Waals surface area contributed by atoms with E-state index < -0.39 is 0 Å². The summed E-state index contributed by atoms with van der Waals surface area (Å²) in [5.74, 6) is -0.00685. The van der Waals surface area contributed by atoms with E-state index in [-0.39, 0.29) is 5.91 Å². The van der Waals surface area contributed by atoms with E-state index in [0.717, 1.165) is 17.0 Å². The molecule has 0 aliphatic rings. The Morgan fingerprint density at radius 2 is 2.28 bits per heavy atom. The zero-order valence-electron chi connectivity index (χ0n) is 10.7. The smallest absolute Gasteiger partial charge is 0.226 e. The fourth-order valence-electron chi connectivity index (χ4n) is 1.63. The molecule has 0 spiro atoms. The first-order chi connectivity index (χ1) is 8.56. The molecule has 0 aromatic carbocycles. The Balaban J connectivity index is 1.87. The molecular formula is C12H16N4OS. The number of hydrogen-bond acceptors (Lipinski definition) is 4. The Morgan fingerprint density at radius 1 is 1.50 bits per heavy atom. The Bertz CT molecular complexity index is 558. The first-order valence-corrected chi connectivity index (χ1v) is 6.63. The fraction of sp³-hybridized carbons (Fsp3) is 0.417. The van der Waals surface area contributed by atoms with Gasteiger partial charge in [0.15, 0.2) is 5.13 Å². The monoisotopic (exact) mass is 264 g/mol. The number of aromatic nitrogens is 3. The summed E-state index contributed by atoms with van der Waals surface area (Å²) >= 11 is 1.45. The van der Waals surface area contributed by atoms with Gasteiger partial charge in [-0.1, -0.05) is 0 Å². The van der Waals surface area contributed by atoms with Crippen LogP contribution in [0, 0.1) is 13.8 Å². The molecule has 18 heavy (non-hydrogen) atoms. The second kappa shape index (κ2) is 5.30. The van der Waals surface area contributed by atoms with Crippen molar-refractivity contribution in [3.05, 3.63) is 28.5 Å². The van der Waals surface area contributed by atoms with Crippen molar-refractivity contribution in [3.63, 3.8) is 0 Å². The van der Waals surface area contributed by atoms with Crippen molar-refractivity contribution in [2.75, 3.05) is 5.32 Å². The van der Waals surface area contributed by atoms with Crippen molar-refractivity contribution >= 4 is 22.4 Å². The molecule has 2 aromatic rings. The lowest BCUT2D eigenvalue weighted by molar-refractivity contribution is -0.116. The molecule has 1 amide bonds. The summed E-state index contributed by atoms with van der Waals surface area (Å²) in [6.07, 6.45) is 2.97. The molecule has 6 heteroatoms. The van der Waals surface area contributed by atoms with Gasteiger partial charge in [-0.25, -0.2) is 4.98 Å². The molecule has 0 aliphatic carbocycles. The largest absolute Gasteiger partial charge is 0.302 e. The van der Waals surface area contributed by atoms with Gasteiger partial charge in [0.25, 0.3) is 0 Å². The number of nitrogens with zero attached hydrogens (tertiary/aromatic N) is 3. The first kappa shape index (κ1) is 12.8. The van der Waals surface area contributed by atoms with Gasteiger partial charge in [-0.2, -0.15) is 5.10 Å². The summed E-state index contributed by atoms with van der Waals surface area (Å²) in [5, 5.41) is 9.54. The van der Waals surface area contributed by atoms with Crippen molar-refractivity contribution in [2.24, 2.45) is 7.05 Å². The second-order valence-corrected chi connectivity index (χ2v) is 5.08. The normalized spacial score (nSPS) is 10.6. The zero-order valence-corrected chi connectivity index (χ0v) is 11.5. The van der Waals surface area contributed by atoms with Gasteiger partial charge in [-0.05, 0) is 25.8 Å². The highest BCUT2D eigenvalue weighted by Crippen LogP contribution is 2.15. The van der Waals surface area contributed by atoms with Crippen LogP contribution in [0.5, 0.6) is 0 Å². The van der Waals surface area contributed by atoms with Gasteiger partial charge < -0.3 is 5.32 Å². The van der Waals surface area contributed by atoms with Gasteiger partial charge >= 0.3 is 0 Å². The quantitative estimate of drug-likeness (QED) is 0.919. The summed E-state index contributed by atoms with van der Waals surface area (Å²) in [5.41, 5.74) is 3.15. The van der Waals surface area contributed by atoms with E-state index in [1.54, 1.807) is 0 Å². The molecule has 96 valence electrons. The van der Waals surface area contributed by atoms with Crippen LogP contribution in [0.1, 0.15) is 23.4 Å². The molecule has 5 nitrogen and oxygen atoms in total. The van der Waals surface area contributed by atoms with Crippen molar-refractivity contribution in [2.45, 2.75) is 26.7 Å². The van der Waals surface area contributed by atoms with Crippen molar-refractivity contribution in [1.29, 1.82) is 0 Å². The molecule has 1 N–H and O–H groups in total. The van der Waals surface area contributed by atoms with Crippen molar-refractivity contribution in [3.8, 4) is 0 Å². The molecule has 0 fully saturated rings. The van der Waals surface area contributed by atoms with E-state index in [1.807, 2.05) is 37.2 Å². The van der Waals surface area contributed by atoms with E-state index in [9.17, 15) is 4.79 Å². The number of aryl methyl sites for hydroxylation is 3. The lowest BCUT2D eigenvalue weighted by atomic mass is 10.1. The molecule has 0 bridgehead atoms. The van der Waals surface area contributed by atoms with E-state index in [2.05, 4.69) is 15.4 Å². The first-order valence-electron chi connectivity index (χ1n) is 5.75. The minimum atomic E-state index is -0.00685. The van der Waals surface area contributed by atoms with Crippen LogP contribution in [0.2, 0.25) is 0 Å². The van der Waals surface area contributed by atoms with Crippen LogP contribution in [0.3, 0.4) is 0 Å². The van der Waals surface area contributed by atoms with Gasteiger partial charge in [0.2, 0.25) is 5.91 Å². The van der Waals surface area contributed by atoms with Crippen LogP contribution >= 0.6 is 11.3 Å². The standard InChI is InChI=1S/C12H16N4OS/c1-8-7-18-12(14-8)15-11(17)5-4-10-6-13-16(3)9(10)2/h6-7H,4-5H2,1-3H3,(H,14,15,17). The molecule has 2 aromatic heterocycles. The molecule has 0 radical (unpaired) electrons. The Kier molecular flexibility index (Phi) is 3.76. The van der Waals surface area contributed by atoms with Crippen LogP contribution in [-0.2, 0) is 18.3 Å². The van der Waals surface area contributed by atoms with Gasteiger partial charge in [0, 0.05) is 24.5 Å². The number of carbonyl (C=O) groups excluding carboxylic acids is 1. The predicted octanol–water partition coefficient (Wildman–Crippen LogP) is 2.06. The number of anilines is 1. The maximum absolute atomic E-state index is 11.7. The van der Waals surface area contributed by atoms with Crippen LogP contribution in [0.4, 0.5) is 5.13 Å². The molecule has 0 saturated carbocycles. The summed E-state index contributed by atoms with van der Waals surface area (Å²) in [4.78, 5) is 15.9. The maximum Gasteiger partial charge on any atom is 0.226 e.